The second-order valence-electron chi connectivity index (χ2n) is 22.1. The van der Waals surface area contributed by atoms with E-state index in [0.717, 1.165) is 57.8 Å². The highest BCUT2D eigenvalue weighted by molar-refractivity contribution is 5.76. The van der Waals surface area contributed by atoms with Crippen LogP contribution in [0, 0.1) is 0 Å². The maximum absolute atomic E-state index is 12.5. The summed E-state index contributed by atoms with van der Waals surface area (Å²) >= 11 is 0. The summed E-state index contributed by atoms with van der Waals surface area (Å²) in [6.07, 6.45) is 75.0. The van der Waals surface area contributed by atoms with E-state index >= 15 is 0 Å². The number of ether oxygens (including phenoxy) is 1. The van der Waals surface area contributed by atoms with Gasteiger partial charge in [-0.25, -0.2) is 0 Å². The summed E-state index contributed by atoms with van der Waals surface area (Å²) in [5.74, 6) is -0.0854. The third kappa shape index (κ3) is 57.5. The second kappa shape index (κ2) is 60.9. The number of nitrogens with one attached hydrogen (secondary N) is 1. The first-order chi connectivity index (χ1) is 35.0. The van der Waals surface area contributed by atoms with Gasteiger partial charge in [0.05, 0.1) is 25.4 Å². The third-order valence-corrected chi connectivity index (χ3v) is 15.0. The van der Waals surface area contributed by atoms with Gasteiger partial charge >= 0.3 is 5.97 Å². The maximum Gasteiger partial charge on any atom is 0.305 e. The molecule has 2 unspecified atom stereocenters. The zero-order valence-corrected chi connectivity index (χ0v) is 48.0. The molecule has 0 bridgehead atoms. The van der Waals surface area contributed by atoms with Gasteiger partial charge in [0.15, 0.2) is 0 Å². The Morgan fingerprint density at radius 2 is 0.662 bits per heavy atom. The second-order valence-corrected chi connectivity index (χ2v) is 22.1. The van der Waals surface area contributed by atoms with Crippen LogP contribution in [0.15, 0.2) is 24.3 Å². The van der Waals surface area contributed by atoms with Crippen LogP contribution in [-0.4, -0.2) is 47.4 Å². The number of allylic oxidation sites excluding steroid dienone is 3. The predicted molar refractivity (Wildman–Crippen MR) is 310 cm³/mol. The number of carbonyl (C=O) groups excluding carboxylic acids is 2. The quantitative estimate of drug-likeness (QED) is 0.0320. The fourth-order valence-corrected chi connectivity index (χ4v) is 10.0. The van der Waals surface area contributed by atoms with E-state index in [4.69, 9.17) is 4.74 Å². The van der Waals surface area contributed by atoms with E-state index in [0.29, 0.717) is 19.4 Å². The highest BCUT2D eigenvalue weighted by atomic mass is 16.5. The van der Waals surface area contributed by atoms with Gasteiger partial charge in [0.1, 0.15) is 0 Å². The van der Waals surface area contributed by atoms with Crippen LogP contribution in [-0.2, 0) is 14.3 Å². The van der Waals surface area contributed by atoms with Crippen molar-refractivity contribution in [3.63, 3.8) is 0 Å². The Balaban J connectivity index is 3.46. The van der Waals surface area contributed by atoms with Gasteiger partial charge in [0.2, 0.25) is 5.91 Å². The van der Waals surface area contributed by atoms with Crippen molar-refractivity contribution in [2.75, 3.05) is 13.2 Å². The Bertz CT molecular complexity index is 1110. The monoisotopic (exact) mass is 1000 g/mol. The Kier molecular flexibility index (Phi) is 59.5. The minimum Gasteiger partial charge on any atom is -0.466 e. The number of rotatable bonds is 60. The smallest absolute Gasteiger partial charge is 0.305 e. The first-order valence-electron chi connectivity index (χ1n) is 32.1. The Hall–Kier alpha value is -1.66. The summed E-state index contributed by atoms with van der Waals surface area (Å²) in [7, 11) is 0. The lowest BCUT2D eigenvalue weighted by molar-refractivity contribution is -0.143. The highest BCUT2D eigenvalue weighted by Crippen LogP contribution is 2.18. The molecule has 0 saturated carbocycles. The molecule has 1 amide bonds. The van der Waals surface area contributed by atoms with Gasteiger partial charge in [-0.05, 0) is 57.8 Å². The number of aliphatic hydroxyl groups is 2. The molecule has 71 heavy (non-hydrogen) atoms. The summed E-state index contributed by atoms with van der Waals surface area (Å²) < 4.78 is 5.47. The molecule has 6 nitrogen and oxygen atoms in total. The average Bonchev–Trinajstić information content (AvgIpc) is 3.37. The van der Waals surface area contributed by atoms with Gasteiger partial charge in [-0.2, -0.15) is 0 Å². The molecule has 0 aliphatic carbocycles. The molecule has 0 aromatic heterocycles. The fourth-order valence-electron chi connectivity index (χ4n) is 10.0. The molecule has 0 aromatic carbocycles. The fraction of sp³-hybridized carbons (Fsp3) is 0.908. The Morgan fingerprint density at radius 3 is 1.00 bits per heavy atom. The molecule has 0 spiro atoms. The first kappa shape index (κ1) is 69.3. The van der Waals surface area contributed by atoms with Crippen molar-refractivity contribution < 1.29 is 24.5 Å². The van der Waals surface area contributed by atoms with Crippen LogP contribution >= 0.6 is 0 Å². The molecule has 0 fully saturated rings. The van der Waals surface area contributed by atoms with Gasteiger partial charge in [-0.3, -0.25) is 9.59 Å². The Morgan fingerprint density at radius 1 is 0.380 bits per heavy atom. The average molecular weight is 1000 g/mol. The minimum atomic E-state index is -0.853. The van der Waals surface area contributed by atoms with Gasteiger partial charge in [-0.1, -0.05) is 308 Å². The van der Waals surface area contributed by atoms with E-state index < -0.39 is 12.1 Å². The molecule has 0 heterocycles. The molecule has 0 saturated heterocycles. The lowest BCUT2D eigenvalue weighted by Crippen LogP contribution is -2.45. The molecule has 0 aromatic rings. The molecule has 2 atom stereocenters. The number of esters is 1. The third-order valence-electron chi connectivity index (χ3n) is 15.0. The summed E-state index contributed by atoms with van der Waals surface area (Å²) in [6, 6.07) is -0.637. The molecule has 3 N–H and O–H groups in total. The standard InChI is InChI=1S/C65H125NO5/c1-3-5-7-9-11-13-15-17-19-20-21-22-23-24-25-26-27-28-30-33-37-41-45-49-53-57-63(68)62(61-67)66-64(69)58-54-50-46-42-38-34-31-32-36-40-44-48-52-56-60-71-65(70)59-55-51-47-43-39-35-29-18-16-14-12-10-8-6-4-2/h18,29,53,57,62-63,67-68H,3-17,19-28,30-52,54-56,58-61H2,1-2H3,(H,66,69)/b29-18-,57-53+. The van der Waals surface area contributed by atoms with E-state index in [9.17, 15) is 19.8 Å². The number of hydrogen-bond donors (Lipinski definition) is 3. The van der Waals surface area contributed by atoms with Crippen molar-refractivity contribution in [2.24, 2.45) is 0 Å². The largest absolute Gasteiger partial charge is 0.466 e. The van der Waals surface area contributed by atoms with Crippen molar-refractivity contribution >= 4 is 11.9 Å². The van der Waals surface area contributed by atoms with E-state index in [1.165, 1.54) is 270 Å². The number of amides is 1. The van der Waals surface area contributed by atoms with E-state index in [1.807, 2.05) is 6.08 Å². The number of carbonyl (C=O) groups is 2. The van der Waals surface area contributed by atoms with Gasteiger partial charge in [0, 0.05) is 12.8 Å². The Labute approximate surface area is 443 Å². The van der Waals surface area contributed by atoms with E-state index in [-0.39, 0.29) is 18.5 Å². The van der Waals surface area contributed by atoms with Crippen LogP contribution in [0.5, 0.6) is 0 Å². The lowest BCUT2D eigenvalue weighted by atomic mass is 10.0. The molecular formula is C65H125NO5. The van der Waals surface area contributed by atoms with Crippen LogP contribution in [0.3, 0.4) is 0 Å². The van der Waals surface area contributed by atoms with Crippen LogP contribution in [0.1, 0.15) is 354 Å². The molecule has 0 aliphatic rings. The van der Waals surface area contributed by atoms with E-state index in [2.05, 4.69) is 31.3 Å². The lowest BCUT2D eigenvalue weighted by Gasteiger charge is -2.20. The maximum atomic E-state index is 12.5. The van der Waals surface area contributed by atoms with Crippen molar-refractivity contribution in [1.29, 1.82) is 0 Å². The van der Waals surface area contributed by atoms with Gasteiger partial charge in [0.25, 0.3) is 0 Å². The number of aliphatic hydroxyl groups excluding tert-OH is 2. The number of unbranched alkanes of at least 4 members (excludes halogenated alkanes) is 47. The van der Waals surface area contributed by atoms with Crippen LogP contribution < -0.4 is 5.32 Å². The molecule has 0 aliphatic heterocycles. The zero-order chi connectivity index (χ0) is 51.4. The summed E-state index contributed by atoms with van der Waals surface area (Å²) in [6.45, 7) is 4.90. The molecule has 420 valence electrons. The predicted octanol–water partition coefficient (Wildman–Crippen LogP) is 20.2. The van der Waals surface area contributed by atoms with Crippen molar-refractivity contribution in [1.82, 2.24) is 5.32 Å². The van der Waals surface area contributed by atoms with Crippen LogP contribution in [0.2, 0.25) is 0 Å². The first-order valence-corrected chi connectivity index (χ1v) is 32.1. The van der Waals surface area contributed by atoms with Crippen molar-refractivity contribution in [3.8, 4) is 0 Å². The van der Waals surface area contributed by atoms with Gasteiger partial charge in [-0.15, -0.1) is 0 Å². The van der Waals surface area contributed by atoms with Crippen molar-refractivity contribution in [3.05, 3.63) is 24.3 Å². The molecule has 0 rings (SSSR count). The highest BCUT2D eigenvalue weighted by Gasteiger charge is 2.18. The molecular weight excluding hydrogens is 875 g/mol. The minimum absolute atomic E-state index is 0.0104. The van der Waals surface area contributed by atoms with Crippen LogP contribution in [0.4, 0.5) is 0 Å². The molecule has 0 radical (unpaired) electrons. The van der Waals surface area contributed by atoms with Crippen molar-refractivity contribution in [2.45, 2.75) is 366 Å². The van der Waals surface area contributed by atoms with E-state index in [1.54, 1.807) is 6.08 Å². The normalized spacial score (nSPS) is 12.7. The number of hydrogen-bond acceptors (Lipinski definition) is 5. The zero-order valence-electron chi connectivity index (χ0n) is 48.0. The van der Waals surface area contributed by atoms with Crippen LogP contribution in [0.25, 0.3) is 0 Å². The van der Waals surface area contributed by atoms with Gasteiger partial charge < -0.3 is 20.3 Å². The molecule has 6 heteroatoms. The summed E-state index contributed by atoms with van der Waals surface area (Å²) in [5, 5.41) is 23.2. The summed E-state index contributed by atoms with van der Waals surface area (Å²) in [4.78, 5) is 24.6. The summed E-state index contributed by atoms with van der Waals surface area (Å²) in [5.41, 5.74) is 0. The SMILES string of the molecule is CCCCCCCC/C=C\CCCCCCCC(=O)OCCCCCCCCCCCCCCCCC(=O)NC(CO)C(O)/C=C/CCCCCCCCCCCCCCCCCCCCCCCCC. The topological polar surface area (TPSA) is 95.9 Å².